The van der Waals surface area contributed by atoms with E-state index in [1.165, 1.54) is 18.3 Å². The highest BCUT2D eigenvalue weighted by molar-refractivity contribution is 9.10. The molecule has 0 bridgehead atoms. The van der Waals surface area contributed by atoms with Crippen molar-refractivity contribution in [2.75, 3.05) is 11.1 Å². The lowest BCUT2D eigenvalue weighted by Crippen LogP contribution is -2.16. The summed E-state index contributed by atoms with van der Waals surface area (Å²) in [6.45, 7) is 0. The molecule has 1 amide bonds. The Bertz CT molecular complexity index is 626. The standard InChI is InChI=1S/C12H8BrF2N3O/c13-6-3-8(14)11(9(15)4-6)18-12(19)10-5-7(16)1-2-17-10/h1-5H,(H2,16,17)(H,18,19). The molecule has 0 saturated heterocycles. The molecule has 0 aliphatic carbocycles. The lowest BCUT2D eigenvalue weighted by atomic mass is 10.2. The summed E-state index contributed by atoms with van der Waals surface area (Å²) >= 11 is 2.95. The van der Waals surface area contributed by atoms with Crippen molar-refractivity contribution in [3.63, 3.8) is 0 Å². The van der Waals surface area contributed by atoms with Crippen molar-refractivity contribution < 1.29 is 13.6 Å². The number of rotatable bonds is 2. The van der Waals surface area contributed by atoms with Crippen LogP contribution in [0.25, 0.3) is 0 Å². The highest BCUT2D eigenvalue weighted by Crippen LogP contribution is 2.24. The Labute approximate surface area is 115 Å². The molecule has 1 aromatic heterocycles. The highest BCUT2D eigenvalue weighted by atomic mass is 79.9. The van der Waals surface area contributed by atoms with Crippen molar-refractivity contribution in [1.82, 2.24) is 4.98 Å². The van der Waals surface area contributed by atoms with E-state index in [4.69, 9.17) is 5.73 Å². The molecule has 98 valence electrons. The van der Waals surface area contributed by atoms with Gasteiger partial charge in [-0.2, -0.15) is 0 Å². The lowest BCUT2D eigenvalue weighted by Gasteiger charge is -2.08. The number of pyridine rings is 1. The predicted octanol–water partition coefficient (Wildman–Crippen LogP) is 2.96. The summed E-state index contributed by atoms with van der Waals surface area (Å²) in [5.74, 6) is -2.51. The minimum atomic E-state index is -0.885. The van der Waals surface area contributed by atoms with Gasteiger partial charge in [-0.25, -0.2) is 8.78 Å². The SMILES string of the molecule is Nc1ccnc(C(=O)Nc2c(F)cc(Br)cc2F)c1. The van der Waals surface area contributed by atoms with E-state index in [1.54, 1.807) is 0 Å². The van der Waals surface area contributed by atoms with Crippen LogP contribution >= 0.6 is 15.9 Å². The summed E-state index contributed by atoms with van der Waals surface area (Å²) < 4.78 is 27.3. The van der Waals surface area contributed by atoms with Crippen LogP contribution in [0.5, 0.6) is 0 Å². The number of nitrogens with zero attached hydrogens (tertiary/aromatic N) is 1. The van der Waals surface area contributed by atoms with Gasteiger partial charge in [0.1, 0.15) is 11.4 Å². The summed E-state index contributed by atoms with van der Waals surface area (Å²) in [4.78, 5) is 15.5. The summed E-state index contributed by atoms with van der Waals surface area (Å²) in [6.07, 6.45) is 1.33. The summed E-state index contributed by atoms with van der Waals surface area (Å²) in [6, 6.07) is 4.90. The van der Waals surface area contributed by atoms with Gasteiger partial charge < -0.3 is 11.1 Å². The molecule has 0 atom stereocenters. The van der Waals surface area contributed by atoms with E-state index < -0.39 is 23.2 Å². The van der Waals surface area contributed by atoms with Crippen LogP contribution < -0.4 is 11.1 Å². The second kappa shape index (κ2) is 5.31. The summed E-state index contributed by atoms with van der Waals surface area (Å²) in [7, 11) is 0. The molecule has 0 saturated carbocycles. The second-order valence-electron chi connectivity index (χ2n) is 3.67. The van der Waals surface area contributed by atoms with Crippen molar-refractivity contribution >= 4 is 33.2 Å². The highest BCUT2D eigenvalue weighted by Gasteiger charge is 2.15. The van der Waals surface area contributed by atoms with Crippen LogP contribution in [0.15, 0.2) is 34.9 Å². The molecule has 2 aromatic rings. The first-order valence-corrected chi connectivity index (χ1v) is 5.94. The Morgan fingerprint density at radius 1 is 1.26 bits per heavy atom. The topological polar surface area (TPSA) is 68.0 Å². The van der Waals surface area contributed by atoms with Crippen LogP contribution in [0.1, 0.15) is 10.5 Å². The van der Waals surface area contributed by atoms with E-state index >= 15 is 0 Å². The molecule has 1 aromatic carbocycles. The molecule has 0 aliphatic heterocycles. The van der Waals surface area contributed by atoms with Gasteiger partial charge in [0.05, 0.1) is 0 Å². The third kappa shape index (κ3) is 3.05. The number of hydrogen-bond acceptors (Lipinski definition) is 3. The van der Waals surface area contributed by atoms with Gasteiger partial charge in [0.2, 0.25) is 0 Å². The van der Waals surface area contributed by atoms with Gasteiger partial charge in [0.15, 0.2) is 11.6 Å². The van der Waals surface area contributed by atoms with Gasteiger partial charge in [-0.05, 0) is 24.3 Å². The molecular formula is C12H8BrF2N3O. The molecule has 3 N–H and O–H groups in total. The maximum absolute atomic E-state index is 13.5. The van der Waals surface area contributed by atoms with Gasteiger partial charge in [-0.1, -0.05) is 15.9 Å². The average Bonchev–Trinajstić information content (AvgIpc) is 2.33. The number of carbonyl (C=O) groups is 1. The number of aromatic nitrogens is 1. The first-order chi connectivity index (χ1) is 8.97. The number of benzene rings is 1. The Balaban J connectivity index is 2.29. The molecule has 19 heavy (non-hydrogen) atoms. The van der Waals surface area contributed by atoms with Crippen molar-refractivity contribution in [1.29, 1.82) is 0 Å². The van der Waals surface area contributed by atoms with Crippen LogP contribution in [-0.4, -0.2) is 10.9 Å². The summed E-state index contributed by atoms with van der Waals surface area (Å²) in [5.41, 5.74) is 5.27. The fraction of sp³-hybridized carbons (Fsp3) is 0. The Morgan fingerprint density at radius 3 is 2.47 bits per heavy atom. The maximum atomic E-state index is 13.5. The number of hydrogen-bond donors (Lipinski definition) is 2. The Kier molecular flexibility index (Phi) is 3.75. The quantitative estimate of drug-likeness (QED) is 0.891. The van der Waals surface area contributed by atoms with Crippen molar-refractivity contribution in [2.24, 2.45) is 0 Å². The maximum Gasteiger partial charge on any atom is 0.274 e. The van der Waals surface area contributed by atoms with E-state index in [9.17, 15) is 13.6 Å². The molecule has 0 spiro atoms. The minimum Gasteiger partial charge on any atom is -0.399 e. The van der Waals surface area contributed by atoms with Crippen LogP contribution in [0, 0.1) is 11.6 Å². The number of halogens is 3. The fourth-order valence-corrected chi connectivity index (χ4v) is 1.81. The van der Waals surface area contributed by atoms with E-state index in [0.717, 1.165) is 12.1 Å². The van der Waals surface area contributed by atoms with Gasteiger partial charge in [0, 0.05) is 16.4 Å². The van der Waals surface area contributed by atoms with E-state index in [-0.39, 0.29) is 10.2 Å². The number of carbonyl (C=O) groups excluding carboxylic acids is 1. The predicted molar refractivity (Wildman–Crippen MR) is 70.7 cm³/mol. The zero-order chi connectivity index (χ0) is 14.0. The second-order valence-corrected chi connectivity index (χ2v) is 4.59. The smallest absolute Gasteiger partial charge is 0.274 e. The largest absolute Gasteiger partial charge is 0.399 e. The van der Waals surface area contributed by atoms with Gasteiger partial charge >= 0.3 is 0 Å². The minimum absolute atomic E-state index is 0.0262. The zero-order valence-electron chi connectivity index (χ0n) is 9.45. The Hall–Kier alpha value is -2.02. The molecular weight excluding hydrogens is 320 g/mol. The number of nitrogens with one attached hydrogen (secondary N) is 1. The molecule has 0 fully saturated rings. The van der Waals surface area contributed by atoms with Crippen molar-refractivity contribution in [3.05, 3.63) is 52.3 Å². The van der Waals surface area contributed by atoms with Crippen LogP contribution in [-0.2, 0) is 0 Å². The molecule has 0 aliphatic rings. The van der Waals surface area contributed by atoms with Crippen LogP contribution in [0.4, 0.5) is 20.2 Å². The number of anilines is 2. The van der Waals surface area contributed by atoms with Crippen molar-refractivity contribution in [2.45, 2.75) is 0 Å². The average molecular weight is 328 g/mol. The van der Waals surface area contributed by atoms with Crippen LogP contribution in [0.2, 0.25) is 0 Å². The first-order valence-electron chi connectivity index (χ1n) is 5.15. The molecule has 1 heterocycles. The molecule has 4 nitrogen and oxygen atoms in total. The van der Waals surface area contributed by atoms with E-state index in [1.807, 2.05) is 0 Å². The Morgan fingerprint density at radius 2 is 1.89 bits per heavy atom. The van der Waals surface area contributed by atoms with Gasteiger partial charge in [-0.3, -0.25) is 9.78 Å². The van der Waals surface area contributed by atoms with E-state index in [2.05, 4.69) is 26.2 Å². The zero-order valence-corrected chi connectivity index (χ0v) is 11.0. The summed E-state index contributed by atoms with van der Waals surface area (Å²) in [5, 5.41) is 2.12. The molecule has 7 heteroatoms. The number of nitrogens with two attached hydrogens (primary N) is 1. The normalized spacial score (nSPS) is 10.3. The first kappa shape index (κ1) is 13.4. The van der Waals surface area contributed by atoms with E-state index in [0.29, 0.717) is 5.69 Å². The van der Waals surface area contributed by atoms with Crippen molar-refractivity contribution in [3.8, 4) is 0 Å². The monoisotopic (exact) mass is 327 g/mol. The molecule has 2 rings (SSSR count). The lowest BCUT2D eigenvalue weighted by molar-refractivity contribution is 0.102. The fourth-order valence-electron chi connectivity index (χ4n) is 1.41. The number of amides is 1. The van der Waals surface area contributed by atoms with Gasteiger partial charge in [-0.15, -0.1) is 0 Å². The van der Waals surface area contributed by atoms with Crippen LogP contribution in [0.3, 0.4) is 0 Å². The van der Waals surface area contributed by atoms with Gasteiger partial charge in [0.25, 0.3) is 5.91 Å². The number of nitrogen functional groups attached to an aromatic ring is 1. The molecule has 0 radical (unpaired) electrons. The third-order valence-corrected chi connectivity index (χ3v) is 2.72. The molecule has 0 unspecified atom stereocenters. The third-order valence-electron chi connectivity index (χ3n) is 2.26.